The summed E-state index contributed by atoms with van der Waals surface area (Å²) in [5, 5.41) is 0. The predicted octanol–water partition coefficient (Wildman–Crippen LogP) is 5.07. The molecular formula is C20H32O2. The highest BCUT2D eigenvalue weighted by molar-refractivity contribution is 5.99. The van der Waals surface area contributed by atoms with Gasteiger partial charge in [0.05, 0.1) is 5.60 Å². The zero-order valence-electron chi connectivity index (χ0n) is 15.3. The smallest absolute Gasteiger partial charge is 0.162 e. The number of Topliss-reactive ketones (excluding diaryl/α,β-unsaturated/α-hetero) is 1. The highest BCUT2D eigenvalue weighted by Gasteiger charge is 2.58. The lowest BCUT2D eigenvalue weighted by atomic mass is 9.49. The van der Waals surface area contributed by atoms with Gasteiger partial charge in [0.2, 0.25) is 0 Å². The SMILES string of the molecule is CCO[C@]12CC(C)(C)C[C@@](C)(CC3=C1C(=O)CC(C)(C)C3)C2. The number of rotatable bonds is 2. The molecule has 124 valence electrons. The van der Waals surface area contributed by atoms with Crippen LogP contribution in [0.4, 0.5) is 0 Å². The van der Waals surface area contributed by atoms with E-state index >= 15 is 0 Å². The van der Waals surface area contributed by atoms with Crippen molar-refractivity contribution in [1.29, 1.82) is 0 Å². The van der Waals surface area contributed by atoms with Gasteiger partial charge in [0.15, 0.2) is 5.78 Å². The number of hydrogen-bond acceptors (Lipinski definition) is 2. The molecule has 2 heteroatoms. The summed E-state index contributed by atoms with van der Waals surface area (Å²) in [5.74, 6) is 0.361. The Morgan fingerprint density at radius 2 is 1.59 bits per heavy atom. The highest BCUT2D eigenvalue weighted by atomic mass is 16.5. The van der Waals surface area contributed by atoms with Gasteiger partial charge in [-0.2, -0.15) is 0 Å². The van der Waals surface area contributed by atoms with E-state index in [0.717, 1.165) is 31.3 Å². The van der Waals surface area contributed by atoms with Crippen molar-refractivity contribution in [3.63, 3.8) is 0 Å². The second kappa shape index (κ2) is 4.69. The minimum atomic E-state index is -0.313. The van der Waals surface area contributed by atoms with E-state index in [0.29, 0.717) is 18.8 Å². The first-order valence-corrected chi connectivity index (χ1v) is 8.90. The van der Waals surface area contributed by atoms with Crippen molar-refractivity contribution in [1.82, 2.24) is 0 Å². The third-order valence-electron chi connectivity index (χ3n) is 5.86. The molecule has 1 saturated carbocycles. The number of ether oxygens (including phenoxy) is 1. The molecular weight excluding hydrogens is 272 g/mol. The van der Waals surface area contributed by atoms with E-state index in [1.54, 1.807) is 0 Å². The van der Waals surface area contributed by atoms with Crippen LogP contribution in [-0.4, -0.2) is 18.0 Å². The van der Waals surface area contributed by atoms with Crippen LogP contribution in [0.25, 0.3) is 0 Å². The average Bonchev–Trinajstić information content (AvgIpc) is 2.20. The third-order valence-corrected chi connectivity index (χ3v) is 5.86. The van der Waals surface area contributed by atoms with Crippen molar-refractivity contribution in [2.45, 2.75) is 85.7 Å². The monoisotopic (exact) mass is 304 g/mol. The molecule has 0 spiro atoms. The lowest BCUT2D eigenvalue weighted by Crippen LogP contribution is -2.55. The Bertz CT molecular complexity index is 540. The fraction of sp³-hybridized carbons (Fsp3) is 0.850. The van der Waals surface area contributed by atoms with Crippen LogP contribution >= 0.6 is 0 Å². The van der Waals surface area contributed by atoms with Crippen molar-refractivity contribution in [3.05, 3.63) is 11.1 Å². The normalized spacial score (nSPS) is 39.6. The Labute approximate surface area is 135 Å². The molecule has 22 heavy (non-hydrogen) atoms. The van der Waals surface area contributed by atoms with E-state index in [4.69, 9.17) is 4.74 Å². The Morgan fingerprint density at radius 1 is 0.909 bits per heavy atom. The minimum absolute atomic E-state index is 0.112. The summed E-state index contributed by atoms with van der Waals surface area (Å²) in [6.45, 7) is 14.3. The zero-order valence-corrected chi connectivity index (χ0v) is 15.3. The molecule has 2 nitrogen and oxygen atoms in total. The number of fused-ring (bicyclic) bond motifs is 3. The van der Waals surface area contributed by atoms with Crippen LogP contribution in [0.3, 0.4) is 0 Å². The van der Waals surface area contributed by atoms with Crippen molar-refractivity contribution in [2.24, 2.45) is 16.2 Å². The second-order valence-electron chi connectivity index (χ2n) is 10.0. The first-order valence-electron chi connectivity index (χ1n) is 8.90. The van der Waals surface area contributed by atoms with Crippen LogP contribution in [0.2, 0.25) is 0 Å². The summed E-state index contributed by atoms with van der Waals surface area (Å²) in [4.78, 5) is 13.0. The highest BCUT2D eigenvalue weighted by Crippen LogP contribution is 2.62. The van der Waals surface area contributed by atoms with Crippen LogP contribution in [0.5, 0.6) is 0 Å². The Kier molecular flexibility index (Phi) is 3.46. The molecule has 1 fully saturated rings. The molecule has 0 unspecified atom stereocenters. The van der Waals surface area contributed by atoms with Gasteiger partial charge in [0, 0.05) is 18.6 Å². The lowest BCUT2D eigenvalue weighted by Gasteiger charge is -2.58. The maximum Gasteiger partial charge on any atom is 0.162 e. The number of carbonyl (C=O) groups is 1. The molecule has 2 atom stereocenters. The second-order valence-corrected chi connectivity index (χ2v) is 10.0. The molecule has 0 aromatic heterocycles. The molecule has 3 rings (SSSR count). The molecule has 0 aromatic rings. The summed E-state index contributed by atoms with van der Waals surface area (Å²) in [6, 6.07) is 0. The molecule has 0 radical (unpaired) electrons. The fourth-order valence-corrected chi connectivity index (χ4v) is 6.25. The molecule has 0 amide bonds. The van der Waals surface area contributed by atoms with E-state index in [1.165, 1.54) is 12.0 Å². The lowest BCUT2D eigenvalue weighted by molar-refractivity contribution is -0.138. The molecule has 2 bridgehead atoms. The van der Waals surface area contributed by atoms with Crippen LogP contribution in [0.15, 0.2) is 11.1 Å². The Hall–Kier alpha value is -0.630. The molecule has 3 aliphatic carbocycles. The predicted molar refractivity (Wildman–Crippen MR) is 89.8 cm³/mol. The quantitative estimate of drug-likeness (QED) is 0.712. The fourth-order valence-electron chi connectivity index (χ4n) is 6.25. The van der Waals surface area contributed by atoms with Gasteiger partial charge in [-0.15, -0.1) is 0 Å². The molecule has 3 aliphatic rings. The molecule has 0 aromatic carbocycles. The Balaban J connectivity index is 2.15. The van der Waals surface area contributed by atoms with Gasteiger partial charge in [-0.25, -0.2) is 0 Å². The van der Waals surface area contributed by atoms with Gasteiger partial charge in [0.1, 0.15) is 0 Å². The Morgan fingerprint density at radius 3 is 2.23 bits per heavy atom. The van der Waals surface area contributed by atoms with E-state index in [1.807, 2.05) is 0 Å². The zero-order chi connectivity index (χ0) is 16.4. The van der Waals surface area contributed by atoms with Crippen molar-refractivity contribution in [2.75, 3.05) is 6.61 Å². The van der Waals surface area contributed by atoms with Gasteiger partial charge in [-0.3, -0.25) is 4.79 Å². The molecule has 0 saturated heterocycles. The minimum Gasteiger partial charge on any atom is -0.370 e. The largest absolute Gasteiger partial charge is 0.370 e. The van der Waals surface area contributed by atoms with Crippen LogP contribution in [-0.2, 0) is 9.53 Å². The number of ketones is 1. The topological polar surface area (TPSA) is 26.3 Å². The number of allylic oxidation sites excluding steroid dienone is 1. The number of hydrogen-bond donors (Lipinski definition) is 0. The molecule has 0 N–H and O–H groups in total. The van der Waals surface area contributed by atoms with Crippen LogP contribution in [0, 0.1) is 16.2 Å². The van der Waals surface area contributed by atoms with E-state index in [9.17, 15) is 4.79 Å². The summed E-state index contributed by atoms with van der Waals surface area (Å²) >= 11 is 0. The van der Waals surface area contributed by atoms with Gasteiger partial charge >= 0.3 is 0 Å². The van der Waals surface area contributed by atoms with Gasteiger partial charge in [-0.1, -0.05) is 40.2 Å². The maximum atomic E-state index is 13.0. The van der Waals surface area contributed by atoms with Gasteiger partial charge in [0.25, 0.3) is 0 Å². The van der Waals surface area contributed by atoms with Crippen molar-refractivity contribution >= 4 is 5.78 Å². The van der Waals surface area contributed by atoms with Crippen molar-refractivity contribution in [3.8, 4) is 0 Å². The first kappa shape index (κ1) is 16.2. The summed E-state index contributed by atoms with van der Waals surface area (Å²) in [5.41, 5.74) is 2.82. The number of carbonyl (C=O) groups excluding carboxylic acids is 1. The summed E-state index contributed by atoms with van der Waals surface area (Å²) < 4.78 is 6.37. The maximum absolute atomic E-state index is 13.0. The first-order chi connectivity index (χ1) is 10.0. The van der Waals surface area contributed by atoms with Gasteiger partial charge in [-0.05, 0) is 55.3 Å². The standard InChI is InChI=1S/C20H32O2/c1-7-22-20-12-18(4,5)11-19(6,13-20)9-14-8-17(2,3)10-15(21)16(14)20/h7-13H2,1-6H3/t19-,20+/m1/s1. The van der Waals surface area contributed by atoms with E-state index in [-0.39, 0.29) is 21.8 Å². The van der Waals surface area contributed by atoms with Crippen LogP contribution in [0.1, 0.15) is 80.1 Å². The average molecular weight is 304 g/mol. The van der Waals surface area contributed by atoms with Crippen LogP contribution < -0.4 is 0 Å². The third kappa shape index (κ3) is 2.58. The summed E-state index contributed by atoms with van der Waals surface area (Å²) in [7, 11) is 0. The molecule has 0 heterocycles. The van der Waals surface area contributed by atoms with E-state index < -0.39 is 0 Å². The molecule has 0 aliphatic heterocycles. The van der Waals surface area contributed by atoms with E-state index in [2.05, 4.69) is 41.5 Å². The summed E-state index contributed by atoms with van der Waals surface area (Å²) in [6.07, 6.45) is 6.10. The van der Waals surface area contributed by atoms with Crippen molar-refractivity contribution < 1.29 is 9.53 Å². The van der Waals surface area contributed by atoms with Gasteiger partial charge < -0.3 is 4.74 Å².